The fourth-order valence-electron chi connectivity index (χ4n) is 0.997. The highest BCUT2D eigenvalue weighted by Gasteiger charge is 2.05. The molecule has 0 bridgehead atoms. The first-order valence-corrected chi connectivity index (χ1v) is 4.91. The molecule has 0 spiro atoms. The van der Waals surface area contributed by atoms with Crippen LogP contribution in [-0.4, -0.2) is 10.1 Å². The molecule has 0 amide bonds. The van der Waals surface area contributed by atoms with Crippen LogP contribution in [0.1, 0.15) is 0 Å². The van der Waals surface area contributed by atoms with Crippen LogP contribution in [0.3, 0.4) is 0 Å². The first-order chi connectivity index (χ1) is 6.27. The van der Waals surface area contributed by atoms with E-state index in [9.17, 15) is 0 Å². The van der Waals surface area contributed by atoms with Crippen LogP contribution in [0.4, 0.5) is 0 Å². The van der Waals surface area contributed by atoms with E-state index in [0.717, 1.165) is 10.6 Å². The van der Waals surface area contributed by atoms with Crippen LogP contribution in [0.25, 0.3) is 10.6 Å². The van der Waals surface area contributed by atoms with Crippen molar-refractivity contribution in [2.75, 3.05) is 0 Å². The van der Waals surface area contributed by atoms with Gasteiger partial charge in [0, 0.05) is 0 Å². The van der Waals surface area contributed by atoms with Gasteiger partial charge in [0.05, 0.1) is 21.8 Å². The summed E-state index contributed by atoms with van der Waals surface area (Å²) in [6.07, 6.45) is 1.41. The molecule has 2 aromatic heterocycles. The second-order valence-corrected chi connectivity index (χ2v) is 3.82. The number of halogens is 1. The van der Waals surface area contributed by atoms with E-state index in [1.807, 2.05) is 11.4 Å². The summed E-state index contributed by atoms with van der Waals surface area (Å²) in [4.78, 5) is 4.99. The highest BCUT2D eigenvalue weighted by atomic mass is 35.5. The molecule has 4 heteroatoms. The lowest BCUT2D eigenvalue weighted by Crippen LogP contribution is -1.78. The fourth-order valence-corrected chi connectivity index (χ4v) is 2.13. The van der Waals surface area contributed by atoms with Crippen molar-refractivity contribution in [2.24, 2.45) is 0 Å². The second-order valence-electron chi connectivity index (χ2n) is 2.50. The Morgan fingerprint density at radius 2 is 2.15 bits per heavy atom. The van der Waals surface area contributed by atoms with Crippen molar-refractivity contribution >= 4 is 22.9 Å². The highest BCUT2D eigenvalue weighted by molar-refractivity contribution is 7.14. The zero-order valence-corrected chi connectivity index (χ0v) is 8.14. The van der Waals surface area contributed by atoms with Crippen LogP contribution >= 0.6 is 22.9 Å². The van der Waals surface area contributed by atoms with Gasteiger partial charge >= 0.3 is 0 Å². The number of pyridine rings is 1. The maximum Gasteiger partial charge on any atom is 0.133 e. The Bertz CT molecular complexity index is 410. The average molecular weight is 212 g/mol. The topological polar surface area (TPSA) is 33.1 Å². The Morgan fingerprint density at radius 3 is 2.69 bits per heavy atom. The predicted molar refractivity (Wildman–Crippen MR) is 54.2 cm³/mol. The quantitative estimate of drug-likeness (QED) is 0.786. The number of rotatable bonds is 1. The number of aromatic nitrogens is 1. The first kappa shape index (κ1) is 8.53. The van der Waals surface area contributed by atoms with Gasteiger partial charge in [-0.25, -0.2) is 0 Å². The van der Waals surface area contributed by atoms with Gasteiger partial charge in [0.2, 0.25) is 0 Å². The summed E-state index contributed by atoms with van der Waals surface area (Å²) in [6, 6.07) is 5.17. The molecule has 66 valence electrons. The van der Waals surface area contributed by atoms with Gasteiger partial charge in [-0.05, 0) is 23.6 Å². The van der Waals surface area contributed by atoms with Gasteiger partial charge in [-0.1, -0.05) is 11.6 Å². The molecule has 13 heavy (non-hydrogen) atoms. The maximum atomic E-state index is 9.03. The Morgan fingerprint density at radius 1 is 1.31 bits per heavy atom. The van der Waals surface area contributed by atoms with Gasteiger partial charge in [0.15, 0.2) is 0 Å². The summed E-state index contributed by atoms with van der Waals surface area (Å²) >= 11 is 7.45. The largest absolute Gasteiger partial charge is 0.506 e. The molecule has 0 fully saturated rings. The highest BCUT2D eigenvalue weighted by Crippen LogP contribution is 2.31. The van der Waals surface area contributed by atoms with Crippen LogP contribution in [0.15, 0.2) is 29.8 Å². The molecule has 0 aromatic carbocycles. The summed E-state index contributed by atoms with van der Waals surface area (Å²) in [5.74, 6) is 0.163. The Kier molecular flexibility index (Phi) is 2.20. The van der Waals surface area contributed by atoms with Crippen molar-refractivity contribution < 1.29 is 5.11 Å². The molecule has 0 atom stereocenters. The molecule has 0 saturated heterocycles. The zero-order valence-electron chi connectivity index (χ0n) is 6.57. The second kappa shape index (κ2) is 3.36. The zero-order chi connectivity index (χ0) is 9.26. The van der Waals surface area contributed by atoms with E-state index in [1.54, 1.807) is 12.1 Å². The van der Waals surface area contributed by atoms with Crippen LogP contribution in [0, 0.1) is 0 Å². The lowest BCUT2D eigenvalue weighted by atomic mass is 10.3. The summed E-state index contributed by atoms with van der Waals surface area (Å²) in [5, 5.41) is 11.6. The molecule has 2 heterocycles. The lowest BCUT2D eigenvalue weighted by Gasteiger charge is -1.97. The number of nitrogens with zero attached hydrogens (tertiary/aromatic N) is 1. The molecule has 0 saturated carbocycles. The number of hydrogen-bond donors (Lipinski definition) is 1. The van der Waals surface area contributed by atoms with Crippen LogP contribution < -0.4 is 0 Å². The Hall–Kier alpha value is -1.06. The van der Waals surface area contributed by atoms with Crippen molar-refractivity contribution in [1.29, 1.82) is 0 Å². The van der Waals surface area contributed by atoms with Crippen molar-refractivity contribution in [2.45, 2.75) is 0 Å². The van der Waals surface area contributed by atoms with Crippen molar-refractivity contribution in [1.82, 2.24) is 4.98 Å². The average Bonchev–Trinajstić information content (AvgIpc) is 2.53. The molecule has 0 aliphatic heterocycles. The summed E-state index contributed by atoms with van der Waals surface area (Å²) < 4.78 is 0. The van der Waals surface area contributed by atoms with Crippen LogP contribution in [0.2, 0.25) is 5.02 Å². The van der Waals surface area contributed by atoms with Gasteiger partial charge in [0.25, 0.3) is 0 Å². The monoisotopic (exact) mass is 211 g/mol. The van der Waals surface area contributed by atoms with E-state index in [-0.39, 0.29) is 5.75 Å². The first-order valence-electron chi connectivity index (χ1n) is 3.66. The molecule has 2 aromatic rings. The van der Waals surface area contributed by atoms with E-state index in [4.69, 9.17) is 16.7 Å². The minimum Gasteiger partial charge on any atom is -0.506 e. The minimum absolute atomic E-state index is 0.163. The maximum absolute atomic E-state index is 9.03. The molecule has 0 aliphatic carbocycles. The van der Waals surface area contributed by atoms with Gasteiger partial charge in [-0.3, -0.25) is 4.98 Å². The molecule has 2 nitrogen and oxygen atoms in total. The molecule has 0 radical (unpaired) electrons. The molecule has 1 N–H and O–H groups in total. The van der Waals surface area contributed by atoms with E-state index >= 15 is 0 Å². The summed E-state index contributed by atoms with van der Waals surface area (Å²) in [6.45, 7) is 0. The molecular weight excluding hydrogens is 206 g/mol. The Labute approximate surface area is 84.4 Å². The van der Waals surface area contributed by atoms with Crippen molar-refractivity contribution in [3.05, 3.63) is 34.8 Å². The van der Waals surface area contributed by atoms with Crippen LogP contribution in [-0.2, 0) is 0 Å². The predicted octanol–water partition coefficient (Wildman–Crippen LogP) is 3.17. The van der Waals surface area contributed by atoms with E-state index in [0.29, 0.717) is 5.02 Å². The number of hydrogen-bond acceptors (Lipinski definition) is 3. The third-order valence-corrected chi connectivity index (χ3v) is 2.96. The molecular formula is C9H6ClNOS. The van der Waals surface area contributed by atoms with E-state index in [1.165, 1.54) is 17.5 Å². The van der Waals surface area contributed by atoms with Crippen LogP contribution in [0.5, 0.6) is 5.75 Å². The molecule has 0 aliphatic rings. The van der Waals surface area contributed by atoms with Gasteiger partial charge in [-0.15, -0.1) is 11.3 Å². The summed E-state index contributed by atoms with van der Waals surface area (Å²) in [5.41, 5.74) is 0.790. The molecule has 0 unspecified atom stereocenters. The number of thiophene rings is 1. The van der Waals surface area contributed by atoms with Gasteiger partial charge < -0.3 is 5.11 Å². The van der Waals surface area contributed by atoms with E-state index in [2.05, 4.69) is 4.98 Å². The third-order valence-electron chi connectivity index (χ3n) is 1.60. The van der Waals surface area contributed by atoms with Gasteiger partial charge in [-0.2, -0.15) is 0 Å². The summed E-state index contributed by atoms with van der Waals surface area (Å²) in [7, 11) is 0. The fraction of sp³-hybridized carbons (Fsp3) is 0. The van der Waals surface area contributed by atoms with Crippen molar-refractivity contribution in [3.63, 3.8) is 0 Å². The minimum atomic E-state index is 0.163. The smallest absolute Gasteiger partial charge is 0.133 e. The lowest BCUT2D eigenvalue weighted by molar-refractivity contribution is 0.473. The van der Waals surface area contributed by atoms with Crippen molar-refractivity contribution in [3.8, 4) is 16.3 Å². The Balaban J connectivity index is 2.47. The number of aromatic hydroxyl groups is 1. The normalized spacial score (nSPS) is 10.2. The van der Waals surface area contributed by atoms with E-state index < -0.39 is 0 Å². The molecule has 2 rings (SSSR count). The van der Waals surface area contributed by atoms with Gasteiger partial charge in [0.1, 0.15) is 5.75 Å². The SMILES string of the molecule is Oc1ccc(-c2sccc2Cl)nc1. The standard InChI is InChI=1S/C9H6ClNOS/c10-7-3-4-13-9(7)8-2-1-6(12)5-11-8/h1-5,12H. The third kappa shape index (κ3) is 1.66.